The summed E-state index contributed by atoms with van der Waals surface area (Å²) < 4.78 is 10.6. The summed E-state index contributed by atoms with van der Waals surface area (Å²) in [7, 11) is 0. The van der Waals surface area contributed by atoms with Crippen molar-refractivity contribution in [1.29, 1.82) is 0 Å². The van der Waals surface area contributed by atoms with E-state index >= 15 is 0 Å². The number of esters is 2. The number of ether oxygens (including phenoxy) is 2. The Morgan fingerprint density at radius 3 is 1.67 bits per heavy atom. The molecule has 0 aliphatic carbocycles. The van der Waals surface area contributed by atoms with Gasteiger partial charge in [-0.2, -0.15) is 0 Å². The van der Waals surface area contributed by atoms with Crippen LogP contribution in [0.2, 0.25) is 0 Å². The lowest BCUT2D eigenvalue weighted by molar-refractivity contribution is -0.142. The van der Waals surface area contributed by atoms with Crippen LogP contribution in [0.1, 0.15) is 50.2 Å². The third-order valence-corrected chi connectivity index (χ3v) is 6.62. The number of unbranched alkanes of at least 4 members (excludes halogenated alkanes) is 2. The predicted molar refractivity (Wildman–Crippen MR) is 156 cm³/mol. The monoisotopic (exact) mass is 526 g/mol. The third-order valence-electron chi connectivity index (χ3n) is 6.62. The maximum atomic E-state index is 12.0. The Hall–Kier alpha value is -3.96. The van der Waals surface area contributed by atoms with Gasteiger partial charge in [-0.3, -0.25) is 0 Å². The molecule has 0 aliphatic rings. The van der Waals surface area contributed by atoms with Gasteiger partial charge in [0.15, 0.2) is 0 Å². The molecule has 0 aliphatic heterocycles. The van der Waals surface area contributed by atoms with Crippen molar-refractivity contribution in [3.8, 4) is 22.3 Å². The standard InChI is InChI=1S/C34H38O5/c1-5-6-7-8-26-9-11-27(12-10-26)28-13-15-29(16-14-28)30-17-19-31(20-18-30)32(22-38-33(36)24(2)3)23-39-34(37)25(4)21-35/h9-20,32,35H,2,4-8,21-23H2,1,3H3. The second-order valence-electron chi connectivity index (χ2n) is 9.79. The van der Waals surface area contributed by atoms with Gasteiger partial charge in [0.05, 0.1) is 18.1 Å². The first-order valence-electron chi connectivity index (χ1n) is 13.4. The first-order valence-corrected chi connectivity index (χ1v) is 13.4. The molecule has 5 heteroatoms. The number of aryl methyl sites for hydroxylation is 1. The summed E-state index contributed by atoms with van der Waals surface area (Å²) in [5.41, 5.74) is 6.98. The Labute approximate surface area is 231 Å². The normalized spacial score (nSPS) is 11.5. The van der Waals surface area contributed by atoms with Gasteiger partial charge in [-0.05, 0) is 53.1 Å². The zero-order valence-electron chi connectivity index (χ0n) is 22.9. The molecule has 1 unspecified atom stereocenters. The van der Waals surface area contributed by atoms with E-state index in [0.29, 0.717) is 5.57 Å². The fourth-order valence-corrected chi connectivity index (χ4v) is 4.13. The quantitative estimate of drug-likeness (QED) is 0.138. The smallest absolute Gasteiger partial charge is 0.335 e. The first-order chi connectivity index (χ1) is 18.8. The number of rotatable bonds is 14. The SMILES string of the molecule is C=C(C)C(=O)OCC(COC(=O)C(=C)CO)c1ccc(-c2ccc(-c3ccc(CCCCC)cc3)cc2)cc1. The van der Waals surface area contributed by atoms with Crippen LogP contribution in [0.25, 0.3) is 22.3 Å². The molecule has 204 valence electrons. The van der Waals surface area contributed by atoms with E-state index in [4.69, 9.17) is 14.6 Å². The van der Waals surface area contributed by atoms with Gasteiger partial charge in [-0.15, -0.1) is 0 Å². The maximum Gasteiger partial charge on any atom is 0.335 e. The van der Waals surface area contributed by atoms with Gasteiger partial charge in [0.2, 0.25) is 0 Å². The van der Waals surface area contributed by atoms with Crippen molar-refractivity contribution in [2.75, 3.05) is 19.8 Å². The van der Waals surface area contributed by atoms with Crippen molar-refractivity contribution < 1.29 is 24.2 Å². The fraction of sp³-hybridized carbons (Fsp3) is 0.294. The van der Waals surface area contributed by atoms with E-state index in [1.165, 1.54) is 36.0 Å². The molecule has 0 bridgehead atoms. The number of carbonyl (C=O) groups excluding carboxylic acids is 2. The number of aliphatic hydroxyl groups is 1. The largest absolute Gasteiger partial charge is 0.462 e. The van der Waals surface area contributed by atoms with Crippen molar-refractivity contribution in [2.24, 2.45) is 0 Å². The number of benzene rings is 3. The highest BCUT2D eigenvalue weighted by Crippen LogP contribution is 2.27. The minimum atomic E-state index is -0.684. The molecule has 0 saturated heterocycles. The Morgan fingerprint density at radius 1 is 0.744 bits per heavy atom. The molecule has 0 spiro atoms. The average Bonchev–Trinajstić information content (AvgIpc) is 2.97. The van der Waals surface area contributed by atoms with Gasteiger partial charge in [0.25, 0.3) is 0 Å². The molecule has 0 radical (unpaired) electrons. The highest BCUT2D eigenvalue weighted by molar-refractivity contribution is 5.88. The number of hydrogen-bond acceptors (Lipinski definition) is 5. The molecule has 0 amide bonds. The van der Waals surface area contributed by atoms with Crippen molar-refractivity contribution in [3.63, 3.8) is 0 Å². The Kier molecular flexibility index (Phi) is 11.3. The molecule has 0 heterocycles. The molecule has 0 aromatic heterocycles. The summed E-state index contributed by atoms with van der Waals surface area (Å²) in [6.45, 7) is 10.4. The minimum absolute atomic E-state index is 0.0211. The highest BCUT2D eigenvalue weighted by atomic mass is 16.5. The zero-order chi connectivity index (χ0) is 28.2. The van der Waals surface area contributed by atoms with Crippen LogP contribution in [0.5, 0.6) is 0 Å². The van der Waals surface area contributed by atoms with Crippen LogP contribution in [0.15, 0.2) is 97.1 Å². The summed E-state index contributed by atoms with van der Waals surface area (Å²) in [5.74, 6) is -1.57. The lowest BCUT2D eigenvalue weighted by Gasteiger charge is -2.18. The molecular weight excluding hydrogens is 488 g/mol. The van der Waals surface area contributed by atoms with E-state index in [-0.39, 0.29) is 24.7 Å². The predicted octanol–water partition coefficient (Wildman–Crippen LogP) is 7.05. The van der Waals surface area contributed by atoms with Crippen LogP contribution >= 0.6 is 0 Å². The topological polar surface area (TPSA) is 72.8 Å². The van der Waals surface area contributed by atoms with E-state index in [9.17, 15) is 9.59 Å². The molecule has 5 nitrogen and oxygen atoms in total. The van der Waals surface area contributed by atoms with E-state index in [2.05, 4.69) is 68.6 Å². The lowest BCUT2D eigenvalue weighted by atomic mass is 9.95. The summed E-state index contributed by atoms with van der Waals surface area (Å²) >= 11 is 0. The molecule has 0 saturated carbocycles. The molecule has 0 fully saturated rings. The molecule has 39 heavy (non-hydrogen) atoms. The van der Waals surface area contributed by atoms with E-state index < -0.39 is 18.5 Å². The highest BCUT2D eigenvalue weighted by Gasteiger charge is 2.19. The molecule has 1 atom stereocenters. The minimum Gasteiger partial charge on any atom is -0.462 e. The molecule has 3 aromatic carbocycles. The summed E-state index contributed by atoms with van der Waals surface area (Å²) in [4.78, 5) is 23.9. The van der Waals surface area contributed by atoms with Gasteiger partial charge >= 0.3 is 11.9 Å². The van der Waals surface area contributed by atoms with Gasteiger partial charge in [-0.1, -0.05) is 106 Å². The lowest BCUT2D eigenvalue weighted by Crippen LogP contribution is -2.21. The van der Waals surface area contributed by atoms with Gasteiger partial charge in [0.1, 0.15) is 13.2 Å². The average molecular weight is 527 g/mol. The fourth-order valence-electron chi connectivity index (χ4n) is 4.13. The van der Waals surface area contributed by atoms with Crippen LogP contribution in [0.3, 0.4) is 0 Å². The van der Waals surface area contributed by atoms with Crippen LogP contribution in [0, 0.1) is 0 Å². The Morgan fingerprint density at radius 2 is 1.21 bits per heavy atom. The molecule has 3 aromatic rings. The van der Waals surface area contributed by atoms with Crippen molar-refractivity contribution in [1.82, 2.24) is 0 Å². The summed E-state index contributed by atoms with van der Waals surface area (Å²) in [6, 6.07) is 25.2. The number of carbonyl (C=O) groups is 2. The van der Waals surface area contributed by atoms with E-state index in [0.717, 1.165) is 23.1 Å². The molecule has 3 rings (SSSR count). The summed E-state index contributed by atoms with van der Waals surface area (Å²) in [5, 5.41) is 9.11. The first kappa shape index (κ1) is 29.6. The van der Waals surface area contributed by atoms with Crippen molar-refractivity contribution in [3.05, 3.63) is 108 Å². The van der Waals surface area contributed by atoms with Crippen LogP contribution in [-0.4, -0.2) is 36.9 Å². The number of hydrogen-bond donors (Lipinski definition) is 1. The second kappa shape index (κ2) is 14.8. The van der Waals surface area contributed by atoms with Crippen molar-refractivity contribution >= 4 is 11.9 Å². The second-order valence-corrected chi connectivity index (χ2v) is 9.79. The summed E-state index contributed by atoms with van der Waals surface area (Å²) in [6.07, 6.45) is 4.85. The van der Waals surface area contributed by atoms with Crippen LogP contribution in [-0.2, 0) is 25.5 Å². The van der Waals surface area contributed by atoms with Gasteiger partial charge in [-0.25, -0.2) is 9.59 Å². The Bertz CT molecular complexity index is 1250. The maximum absolute atomic E-state index is 12.0. The van der Waals surface area contributed by atoms with E-state index in [1.807, 2.05) is 24.3 Å². The molecular formula is C34H38O5. The Balaban J connectivity index is 1.70. The van der Waals surface area contributed by atoms with Crippen LogP contribution in [0.4, 0.5) is 0 Å². The van der Waals surface area contributed by atoms with Crippen molar-refractivity contribution in [2.45, 2.75) is 45.4 Å². The van der Waals surface area contributed by atoms with E-state index in [1.54, 1.807) is 6.92 Å². The zero-order valence-corrected chi connectivity index (χ0v) is 22.9. The number of aliphatic hydroxyl groups excluding tert-OH is 1. The van der Waals surface area contributed by atoms with Gasteiger partial charge < -0.3 is 14.6 Å². The van der Waals surface area contributed by atoms with Gasteiger partial charge in [0, 0.05) is 5.57 Å². The molecule has 1 N–H and O–H groups in total. The van der Waals surface area contributed by atoms with Crippen LogP contribution < -0.4 is 0 Å². The third kappa shape index (κ3) is 8.79.